The smallest absolute Gasteiger partial charge is 0.0999 e. The van der Waals surface area contributed by atoms with Gasteiger partial charge in [-0.25, -0.2) is 9.50 Å². The van der Waals surface area contributed by atoms with Crippen LogP contribution < -0.4 is 5.73 Å². The molecule has 2 fully saturated rings. The van der Waals surface area contributed by atoms with Crippen molar-refractivity contribution >= 4 is 5.52 Å². The van der Waals surface area contributed by atoms with E-state index in [4.69, 9.17) is 15.8 Å². The average molecular weight is 413 g/mol. The molecule has 4 aromatic rings. The topological polar surface area (TPSA) is 116 Å². The largest absolute Gasteiger partial charge is 0.328 e. The number of aromatic nitrogens is 7. The van der Waals surface area contributed by atoms with E-state index in [0.717, 1.165) is 53.7 Å². The SMILES string of the molecule is Cn1cc(-c2cn3nccc3c(-c3cnn([C@]4(CC#N)CC5(C[C@@H](N)C5)C4)c3)n2)cn1. The summed E-state index contributed by atoms with van der Waals surface area (Å²) >= 11 is 0. The Kier molecular flexibility index (Phi) is 3.68. The number of rotatable bonds is 4. The zero-order valence-electron chi connectivity index (χ0n) is 17.3. The molecule has 2 N–H and O–H groups in total. The Bertz CT molecular complexity index is 1320. The highest BCUT2D eigenvalue weighted by Gasteiger charge is 2.60. The molecule has 2 saturated carbocycles. The minimum atomic E-state index is -0.245. The van der Waals surface area contributed by atoms with Gasteiger partial charge in [-0.2, -0.15) is 20.6 Å². The molecule has 0 radical (unpaired) electrons. The standard InChI is InChI=1S/C22H23N9/c1-29-10-15(8-26-29)18-12-30-19(2-5-25-30)20(28-18)16-9-27-31(11-16)22(3-4-23)13-21(14-22)6-17(24)7-21/h2,5,8-12,17H,3,6-7,13-14,24H2,1H3/t17-,21?,22-. The van der Waals surface area contributed by atoms with E-state index in [2.05, 4.69) is 16.3 Å². The first-order valence-electron chi connectivity index (χ1n) is 10.5. The quantitative estimate of drug-likeness (QED) is 0.550. The van der Waals surface area contributed by atoms with Crippen LogP contribution in [0.25, 0.3) is 28.0 Å². The van der Waals surface area contributed by atoms with Gasteiger partial charge in [0.1, 0.15) is 0 Å². The van der Waals surface area contributed by atoms with Crippen LogP contribution in [-0.4, -0.2) is 40.2 Å². The highest BCUT2D eigenvalue weighted by Crippen LogP contribution is 2.63. The van der Waals surface area contributed by atoms with Crippen molar-refractivity contribution in [1.82, 2.24) is 34.2 Å². The molecule has 6 rings (SSSR count). The van der Waals surface area contributed by atoms with Gasteiger partial charge in [-0.1, -0.05) is 0 Å². The maximum atomic E-state index is 9.50. The lowest BCUT2D eigenvalue weighted by molar-refractivity contribution is -0.0993. The molecule has 9 nitrogen and oxygen atoms in total. The van der Waals surface area contributed by atoms with Gasteiger partial charge in [0.2, 0.25) is 0 Å². The molecule has 2 aliphatic rings. The van der Waals surface area contributed by atoms with Gasteiger partial charge in [0.25, 0.3) is 0 Å². The third kappa shape index (κ3) is 2.72. The summed E-state index contributed by atoms with van der Waals surface area (Å²) in [6, 6.07) is 4.64. The van der Waals surface area contributed by atoms with Crippen LogP contribution in [0.2, 0.25) is 0 Å². The number of hydrogen-bond acceptors (Lipinski definition) is 6. The number of nitrogens with two attached hydrogens (primary N) is 1. The summed E-state index contributed by atoms with van der Waals surface area (Å²) in [4.78, 5) is 4.93. The maximum absolute atomic E-state index is 9.50. The van der Waals surface area contributed by atoms with Crippen molar-refractivity contribution in [2.75, 3.05) is 0 Å². The molecule has 0 unspecified atom stereocenters. The van der Waals surface area contributed by atoms with Gasteiger partial charge in [-0.15, -0.1) is 0 Å². The number of aryl methyl sites for hydroxylation is 1. The summed E-state index contributed by atoms with van der Waals surface area (Å²) in [5.74, 6) is 0. The van der Waals surface area contributed by atoms with Gasteiger partial charge in [0, 0.05) is 36.6 Å². The second-order valence-electron chi connectivity index (χ2n) is 9.29. The predicted octanol–water partition coefficient (Wildman–Crippen LogP) is 2.50. The van der Waals surface area contributed by atoms with Gasteiger partial charge in [0.05, 0.1) is 59.7 Å². The summed E-state index contributed by atoms with van der Waals surface area (Å²) in [6.45, 7) is 0. The van der Waals surface area contributed by atoms with Crippen LogP contribution in [0.1, 0.15) is 32.1 Å². The van der Waals surface area contributed by atoms with Crippen LogP contribution in [0, 0.1) is 16.7 Å². The molecule has 0 amide bonds. The number of hydrogen-bond donors (Lipinski definition) is 1. The molecule has 9 heteroatoms. The van der Waals surface area contributed by atoms with E-state index < -0.39 is 0 Å². The van der Waals surface area contributed by atoms with Crippen molar-refractivity contribution in [3.05, 3.63) is 43.2 Å². The van der Waals surface area contributed by atoms with Crippen molar-refractivity contribution < 1.29 is 0 Å². The van der Waals surface area contributed by atoms with E-state index in [1.54, 1.807) is 17.1 Å². The van der Waals surface area contributed by atoms with Crippen LogP contribution in [0.5, 0.6) is 0 Å². The average Bonchev–Trinajstić information content (AvgIpc) is 3.44. The van der Waals surface area contributed by atoms with Crippen molar-refractivity contribution in [1.29, 1.82) is 5.26 Å². The van der Waals surface area contributed by atoms with Crippen LogP contribution >= 0.6 is 0 Å². The fourth-order valence-corrected chi connectivity index (χ4v) is 5.74. The fourth-order valence-electron chi connectivity index (χ4n) is 5.74. The molecular formula is C22H23N9. The molecule has 0 bridgehead atoms. The van der Waals surface area contributed by atoms with Crippen LogP contribution in [-0.2, 0) is 12.6 Å². The Morgan fingerprint density at radius 1 is 1.13 bits per heavy atom. The molecule has 0 atom stereocenters. The Morgan fingerprint density at radius 3 is 2.65 bits per heavy atom. The minimum absolute atomic E-state index is 0.245. The number of nitrogens with zero attached hydrogens (tertiary/aromatic N) is 8. The maximum Gasteiger partial charge on any atom is 0.0999 e. The van der Waals surface area contributed by atoms with E-state index in [0.29, 0.717) is 17.9 Å². The van der Waals surface area contributed by atoms with E-state index in [-0.39, 0.29) is 5.54 Å². The summed E-state index contributed by atoms with van der Waals surface area (Å²) in [7, 11) is 1.88. The lowest BCUT2D eigenvalue weighted by atomic mass is 9.46. The van der Waals surface area contributed by atoms with Crippen LogP contribution in [0.3, 0.4) is 0 Å². The van der Waals surface area contributed by atoms with Crippen LogP contribution in [0.15, 0.2) is 43.2 Å². The van der Waals surface area contributed by atoms with E-state index in [1.165, 1.54) is 0 Å². The molecule has 0 saturated heterocycles. The molecule has 156 valence electrons. The van der Waals surface area contributed by atoms with Crippen molar-refractivity contribution in [2.24, 2.45) is 18.2 Å². The first-order chi connectivity index (χ1) is 15.0. The predicted molar refractivity (Wildman–Crippen MR) is 113 cm³/mol. The van der Waals surface area contributed by atoms with Crippen LogP contribution in [0.4, 0.5) is 0 Å². The van der Waals surface area contributed by atoms with E-state index in [1.807, 2.05) is 47.1 Å². The summed E-state index contributed by atoms with van der Waals surface area (Å²) in [5, 5.41) is 22.9. The molecule has 0 aliphatic heterocycles. The van der Waals surface area contributed by atoms with Gasteiger partial charge >= 0.3 is 0 Å². The van der Waals surface area contributed by atoms with Crippen molar-refractivity contribution in [2.45, 2.75) is 43.7 Å². The molecule has 2 aliphatic carbocycles. The Hall–Kier alpha value is -3.51. The zero-order valence-corrected chi connectivity index (χ0v) is 17.3. The van der Waals surface area contributed by atoms with E-state index >= 15 is 0 Å². The molecule has 4 heterocycles. The molecule has 0 aromatic carbocycles. The van der Waals surface area contributed by atoms with Gasteiger partial charge in [-0.3, -0.25) is 9.36 Å². The third-order valence-corrected chi connectivity index (χ3v) is 6.94. The lowest BCUT2D eigenvalue weighted by Gasteiger charge is -2.62. The third-order valence-electron chi connectivity index (χ3n) is 6.94. The van der Waals surface area contributed by atoms with Gasteiger partial charge in [0.15, 0.2) is 0 Å². The zero-order chi connectivity index (χ0) is 21.2. The summed E-state index contributed by atoms with van der Waals surface area (Å²) < 4.78 is 5.58. The normalized spacial score (nSPS) is 27.2. The second kappa shape index (κ2) is 6.25. The van der Waals surface area contributed by atoms with Crippen molar-refractivity contribution in [3.8, 4) is 28.6 Å². The first-order valence-corrected chi connectivity index (χ1v) is 10.5. The molecule has 1 spiro atoms. The van der Waals surface area contributed by atoms with Crippen molar-refractivity contribution in [3.63, 3.8) is 0 Å². The van der Waals surface area contributed by atoms with Gasteiger partial charge < -0.3 is 5.73 Å². The molecule has 31 heavy (non-hydrogen) atoms. The lowest BCUT2D eigenvalue weighted by Crippen LogP contribution is -2.61. The summed E-state index contributed by atoms with van der Waals surface area (Å²) in [5.41, 5.74) is 10.5. The molecular weight excluding hydrogens is 390 g/mol. The fraction of sp³-hybridized carbons (Fsp3) is 0.409. The number of nitriles is 1. The molecule has 4 aromatic heterocycles. The van der Waals surface area contributed by atoms with Gasteiger partial charge in [-0.05, 0) is 37.2 Å². The summed E-state index contributed by atoms with van der Waals surface area (Å²) in [6.07, 6.45) is 15.8. The minimum Gasteiger partial charge on any atom is -0.328 e. The first kappa shape index (κ1) is 18.3. The van der Waals surface area contributed by atoms with E-state index in [9.17, 15) is 5.26 Å². The Balaban J connectivity index is 1.40. The Morgan fingerprint density at radius 2 is 1.94 bits per heavy atom. The Labute approximate surface area is 179 Å². The number of fused-ring (bicyclic) bond motifs is 1. The highest BCUT2D eigenvalue weighted by molar-refractivity contribution is 5.78. The second-order valence-corrected chi connectivity index (χ2v) is 9.29. The highest BCUT2D eigenvalue weighted by atomic mass is 15.3. The monoisotopic (exact) mass is 413 g/mol.